The first-order valence-corrected chi connectivity index (χ1v) is 9.99. The average molecular weight is 392 g/mol. The topological polar surface area (TPSA) is 61.4 Å². The molecule has 1 aromatic carbocycles. The number of piperidine rings is 1. The summed E-state index contributed by atoms with van der Waals surface area (Å²) in [5.41, 5.74) is 2.16. The number of halogens is 1. The number of nitrogens with one attached hydrogen (secondary N) is 2. The standard InChI is InChI=1S/C21H29N3O2.ClH/c1-13(2)14-3-7-18(8-4-14)24-10-9-19(21(24)26)20(25)23-17-11-15-5-6-16(12-17)22-15;/h3-4,7-8,13,15-17,19,22H,5-6,9-12H2,1-2H3,(H,23,25);1H. The van der Waals surface area contributed by atoms with Crippen molar-refractivity contribution in [3.63, 3.8) is 0 Å². The van der Waals surface area contributed by atoms with Gasteiger partial charge in [0.25, 0.3) is 0 Å². The van der Waals surface area contributed by atoms with Gasteiger partial charge in [-0.25, -0.2) is 0 Å². The molecule has 0 spiro atoms. The minimum atomic E-state index is -0.535. The molecule has 2 N–H and O–H groups in total. The van der Waals surface area contributed by atoms with Gasteiger partial charge in [-0.3, -0.25) is 9.59 Å². The van der Waals surface area contributed by atoms with Crippen LogP contribution < -0.4 is 15.5 Å². The predicted octanol–water partition coefficient (Wildman–Crippen LogP) is 2.98. The summed E-state index contributed by atoms with van der Waals surface area (Å²) in [6.07, 6.45) is 5.00. The highest BCUT2D eigenvalue weighted by molar-refractivity contribution is 6.09. The van der Waals surface area contributed by atoms with E-state index in [1.807, 2.05) is 12.1 Å². The second-order valence-corrected chi connectivity index (χ2v) is 8.39. The van der Waals surface area contributed by atoms with Gasteiger partial charge in [-0.05, 0) is 55.7 Å². The van der Waals surface area contributed by atoms with Gasteiger partial charge in [0, 0.05) is 30.4 Å². The molecule has 5 nitrogen and oxygen atoms in total. The Bertz CT molecular complexity index is 679. The molecule has 3 aliphatic heterocycles. The number of rotatable bonds is 4. The van der Waals surface area contributed by atoms with Crippen LogP contribution in [0.15, 0.2) is 24.3 Å². The third kappa shape index (κ3) is 4.14. The fourth-order valence-electron chi connectivity index (χ4n) is 4.70. The van der Waals surface area contributed by atoms with E-state index in [0.717, 1.165) is 18.5 Å². The van der Waals surface area contributed by atoms with Crippen molar-refractivity contribution in [1.82, 2.24) is 10.6 Å². The Morgan fingerprint density at radius 2 is 1.74 bits per heavy atom. The zero-order valence-electron chi connectivity index (χ0n) is 16.1. The zero-order chi connectivity index (χ0) is 18.3. The highest BCUT2D eigenvalue weighted by atomic mass is 35.5. The molecular weight excluding hydrogens is 362 g/mol. The van der Waals surface area contributed by atoms with Gasteiger partial charge in [-0.15, -0.1) is 12.4 Å². The molecule has 3 saturated heterocycles. The third-order valence-electron chi connectivity index (χ3n) is 6.21. The first kappa shape index (κ1) is 20.2. The van der Waals surface area contributed by atoms with E-state index in [4.69, 9.17) is 0 Å². The molecule has 2 amide bonds. The Hall–Kier alpha value is -1.59. The van der Waals surface area contributed by atoms with E-state index in [1.165, 1.54) is 18.4 Å². The first-order valence-electron chi connectivity index (χ1n) is 9.99. The fraction of sp³-hybridized carbons (Fsp3) is 0.619. The molecule has 0 aliphatic carbocycles. The number of nitrogens with zero attached hydrogens (tertiary/aromatic N) is 1. The van der Waals surface area contributed by atoms with E-state index in [-0.39, 0.29) is 30.3 Å². The van der Waals surface area contributed by atoms with Crippen molar-refractivity contribution in [2.45, 2.75) is 70.0 Å². The van der Waals surface area contributed by atoms with Gasteiger partial charge in [-0.1, -0.05) is 26.0 Å². The van der Waals surface area contributed by atoms with Crippen molar-refractivity contribution >= 4 is 29.9 Å². The molecule has 0 saturated carbocycles. The van der Waals surface area contributed by atoms with Crippen LogP contribution in [0.5, 0.6) is 0 Å². The maximum absolute atomic E-state index is 12.8. The van der Waals surface area contributed by atoms with Crippen LogP contribution >= 0.6 is 12.4 Å². The van der Waals surface area contributed by atoms with Gasteiger partial charge >= 0.3 is 0 Å². The Labute approximate surface area is 167 Å². The summed E-state index contributed by atoms with van der Waals surface area (Å²) in [5.74, 6) is -0.205. The number of fused-ring (bicyclic) bond motifs is 2. The highest BCUT2D eigenvalue weighted by Gasteiger charge is 2.40. The summed E-state index contributed by atoms with van der Waals surface area (Å²) in [4.78, 5) is 27.3. The molecule has 27 heavy (non-hydrogen) atoms. The van der Waals surface area contributed by atoms with E-state index in [2.05, 4.69) is 36.6 Å². The molecular formula is C21H30ClN3O2. The van der Waals surface area contributed by atoms with Crippen LogP contribution in [0.1, 0.15) is 57.4 Å². The Morgan fingerprint density at radius 1 is 1.11 bits per heavy atom. The van der Waals surface area contributed by atoms with Crippen molar-refractivity contribution in [3.05, 3.63) is 29.8 Å². The number of anilines is 1. The monoisotopic (exact) mass is 391 g/mol. The number of carbonyl (C=O) groups is 2. The molecule has 4 rings (SSSR count). The maximum Gasteiger partial charge on any atom is 0.239 e. The largest absolute Gasteiger partial charge is 0.353 e. The van der Waals surface area contributed by atoms with Crippen molar-refractivity contribution in [2.24, 2.45) is 5.92 Å². The van der Waals surface area contributed by atoms with Crippen LogP contribution in [-0.2, 0) is 9.59 Å². The third-order valence-corrected chi connectivity index (χ3v) is 6.21. The molecule has 1 aromatic rings. The molecule has 0 radical (unpaired) electrons. The van der Waals surface area contributed by atoms with Crippen LogP contribution in [0, 0.1) is 5.92 Å². The first-order chi connectivity index (χ1) is 12.5. The Kier molecular flexibility index (Phi) is 6.11. The van der Waals surface area contributed by atoms with Crippen LogP contribution in [0.4, 0.5) is 5.69 Å². The summed E-state index contributed by atoms with van der Waals surface area (Å²) >= 11 is 0. The van der Waals surface area contributed by atoms with Crippen LogP contribution in [-0.4, -0.2) is 36.5 Å². The normalized spacial score (nSPS) is 29.7. The molecule has 3 fully saturated rings. The molecule has 3 unspecified atom stereocenters. The lowest BCUT2D eigenvalue weighted by Gasteiger charge is -2.30. The second-order valence-electron chi connectivity index (χ2n) is 8.39. The molecule has 3 atom stereocenters. The summed E-state index contributed by atoms with van der Waals surface area (Å²) in [7, 11) is 0. The summed E-state index contributed by atoms with van der Waals surface area (Å²) in [5, 5.41) is 6.75. The molecule has 3 heterocycles. The summed E-state index contributed by atoms with van der Waals surface area (Å²) in [6, 6.07) is 9.43. The quantitative estimate of drug-likeness (QED) is 0.775. The molecule has 0 aromatic heterocycles. The molecule has 3 aliphatic rings. The van der Waals surface area contributed by atoms with Gasteiger partial charge in [-0.2, -0.15) is 0 Å². The Morgan fingerprint density at radius 3 is 2.33 bits per heavy atom. The highest BCUT2D eigenvalue weighted by Crippen LogP contribution is 2.29. The van der Waals surface area contributed by atoms with Crippen LogP contribution in [0.3, 0.4) is 0 Å². The number of hydrogen-bond donors (Lipinski definition) is 2. The van der Waals surface area contributed by atoms with Crippen molar-refractivity contribution in [3.8, 4) is 0 Å². The van der Waals surface area contributed by atoms with E-state index in [0.29, 0.717) is 31.0 Å². The minimum Gasteiger partial charge on any atom is -0.353 e. The van der Waals surface area contributed by atoms with E-state index >= 15 is 0 Å². The van der Waals surface area contributed by atoms with Crippen molar-refractivity contribution in [2.75, 3.05) is 11.4 Å². The SMILES string of the molecule is CC(C)c1ccc(N2CCC(C(=O)NC3CC4CCC(C3)N4)C2=O)cc1.Cl. The summed E-state index contributed by atoms with van der Waals surface area (Å²) in [6.45, 7) is 4.93. The zero-order valence-corrected chi connectivity index (χ0v) is 16.9. The van der Waals surface area contributed by atoms with E-state index in [1.54, 1.807) is 4.90 Å². The van der Waals surface area contributed by atoms with Gasteiger partial charge in [0.1, 0.15) is 5.92 Å². The number of amides is 2. The lowest BCUT2D eigenvalue weighted by Crippen LogP contribution is -2.50. The van der Waals surface area contributed by atoms with Crippen LogP contribution in [0.2, 0.25) is 0 Å². The number of carbonyl (C=O) groups excluding carboxylic acids is 2. The van der Waals surface area contributed by atoms with Gasteiger partial charge < -0.3 is 15.5 Å². The van der Waals surface area contributed by atoms with Crippen LogP contribution in [0.25, 0.3) is 0 Å². The van der Waals surface area contributed by atoms with Gasteiger partial charge in [0.2, 0.25) is 11.8 Å². The average Bonchev–Trinajstić information content (AvgIpc) is 3.17. The predicted molar refractivity (Wildman–Crippen MR) is 109 cm³/mol. The smallest absolute Gasteiger partial charge is 0.239 e. The summed E-state index contributed by atoms with van der Waals surface area (Å²) < 4.78 is 0. The molecule has 2 bridgehead atoms. The lowest BCUT2D eigenvalue weighted by atomic mass is 9.98. The molecule has 148 valence electrons. The Balaban J connectivity index is 0.00000210. The minimum absolute atomic E-state index is 0. The van der Waals surface area contributed by atoms with Gasteiger partial charge in [0.05, 0.1) is 0 Å². The fourth-order valence-corrected chi connectivity index (χ4v) is 4.70. The second kappa shape index (κ2) is 8.19. The van der Waals surface area contributed by atoms with Crippen molar-refractivity contribution in [1.29, 1.82) is 0 Å². The number of benzene rings is 1. The number of hydrogen-bond acceptors (Lipinski definition) is 3. The van der Waals surface area contributed by atoms with E-state index < -0.39 is 5.92 Å². The maximum atomic E-state index is 12.8. The lowest BCUT2D eigenvalue weighted by molar-refractivity contribution is -0.132. The molecule has 6 heteroatoms. The van der Waals surface area contributed by atoms with Gasteiger partial charge in [0.15, 0.2) is 0 Å². The van der Waals surface area contributed by atoms with E-state index in [9.17, 15) is 9.59 Å². The van der Waals surface area contributed by atoms with Crippen molar-refractivity contribution < 1.29 is 9.59 Å².